The summed E-state index contributed by atoms with van der Waals surface area (Å²) in [5.41, 5.74) is 0.331. The molecule has 3 atom stereocenters. The third kappa shape index (κ3) is 7.74. The Morgan fingerprint density at radius 3 is 2.49 bits per heavy atom. The van der Waals surface area contributed by atoms with Crippen LogP contribution >= 0.6 is 0 Å². The van der Waals surface area contributed by atoms with Crippen molar-refractivity contribution < 1.29 is 27.4 Å². The standard InChI is InChI=1S/C34H47FN8O5S/c1-23(2)42(24(3)4)33(44)28-16-25(35)6-9-29(28)48-30-17-36-22-37-32(30)41-20-34(21-41)11-14-40(15-12-34)18-27-8-7-26(19-47-27)43(49(45)46)31-10-13-39(5)38-31/h6,9-10,13,16-17,22-24,26-27H,7-8,11-12,14-15,18-21H2,1-5H3,(H,45,46)/p-1/t26-,27+/m1/s1. The third-order valence-electron chi connectivity index (χ3n) is 9.89. The van der Waals surface area contributed by atoms with Crippen molar-refractivity contribution in [3.63, 3.8) is 0 Å². The number of anilines is 2. The third-order valence-corrected chi connectivity index (χ3v) is 10.7. The maximum atomic E-state index is 14.4. The van der Waals surface area contributed by atoms with Gasteiger partial charge in [-0.05, 0) is 84.7 Å². The number of halogens is 1. The minimum atomic E-state index is -2.43. The summed E-state index contributed by atoms with van der Waals surface area (Å²) in [6, 6.07) is 5.30. The van der Waals surface area contributed by atoms with Crippen molar-refractivity contribution in [3.8, 4) is 11.5 Å². The topological polar surface area (TPSA) is 132 Å². The average Bonchev–Trinajstić information content (AvgIpc) is 3.47. The fourth-order valence-corrected chi connectivity index (χ4v) is 8.11. The Balaban J connectivity index is 1.03. The molecule has 1 aromatic carbocycles. The monoisotopic (exact) mass is 697 g/mol. The first-order chi connectivity index (χ1) is 23.4. The number of amides is 1. The Hall–Kier alpha value is -3.66. The highest BCUT2D eigenvalue weighted by Crippen LogP contribution is 2.45. The summed E-state index contributed by atoms with van der Waals surface area (Å²) in [7, 11) is 1.76. The lowest BCUT2D eigenvalue weighted by Gasteiger charge is -2.54. The molecule has 3 fully saturated rings. The second-order valence-electron chi connectivity index (χ2n) is 14.1. The average molecular weight is 698 g/mol. The Morgan fingerprint density at radius 2 is 1.88 bits per heavy atom. The van der Waals surface area contributed by atoms with Gasteiger partial charge in [0.25, 0.3) is 5.91 Å². The number of carbonyl (C=O) groups is 1. The molecule has 3 saturated heterocycles. The Bertz CT molecular complexity index is 1620. The van der Waals surface area contributed by atoms with Gasteiger partial charge in [0.2, 0.25) is 0 Å². The largest absolute Gasteiger partial charge is 0.755 e. The number of piperidine rings is 1. The quantitative estimate of drug-likeness (QED) is 0.269. The van der Waals surface area contributed by atoms with Crippen LogP contribution in [0.2, 0.25) is 0 Å². The number of ether oxygens (including phenoxy) is 2. The SMILES string of the molecule is CC(C)N(C(=O)c1cc(F)ccc1Oc1cncnc1N1CC2(CCN(C[C@@H]3CC[C@@H](N(c4ccn(C)n4)S(=O)[O-])CO3)CC2)C1)C(C)C. The van der Waals surface area contributed by atoms with Gasteiger partial charge in [-0.2, -0.15) is 5.10 Å². The van der Waals surface area contributed by atoms with Crippen LogP contribution in [0.3, 0.4) is 0 Å². The van der Waals surface area contributed by atoms with E-state index in [0.29, 0.717) is 30.4 Å². The summed E-state index contributed by atoms with van der Waals surface area (Å²) in [6.07, 6.45) is 8.46. The van der Waals surface area contributed by atoms with Gasteiger partial charge >= 0.3 is 0 Å². The van der Waals surface area contributed by atoms with E-state index in [-0.39, 0.29) is 46.9 Å². The molecule has 15 heteroatoms. The van der Waals surface area contributed by atoms with E-state index in [1.165, 1.54) is 28.8 Å². The number of hydrogen-bond acceptors (Lipinski definition) is 10. The van der Waals surface area contributed by atoms with Crippen molar-refractivity contribution in [2.24, 2.45) is 12.5 Å². The van der Waals surface area contributed by atoms with Crippen LogP contribution < -0.4 is 13.9 Å². The van der Waals surface area contributed by atoms with Crippen LogP contribution in [0.4, 0.5) is 16.0 Å². The fourth-order valence-electron chi connectivity index (χ4n) is 7.45. The lowest BCUT2D eigenvalue weighted by molar-refractivity contribution is -0.0270. The van der Waals surface area contributed by atoms with Crippen molar-refractivity contribution in [2.45, 2.75) is 77.6 Å². The van der Waals surface area contributed by atoms with Gasteiger partial charge in [-0.15, -0.1) is 0 Å². The fraction of sp³-hybridized carbons (Fsp3) is 0.588. The summed E-state index contributed by atoms with van der Waals surface area (Å²) in [5, 5.41) is 4.27. The van der Waals surface area contributed by atoms with Crippen LogP contribution in [0.25, 0.3) is 0 Å². The molecule has 3 aliphatic rings. The number of likely N-dealkylation sites (tertiary alicyclic amines) is 1. The highest BCUT2D eigenvalue weighted by molar-refractivity contribution is 7.80. The molecule has 0 N–H and O–H groups in total. The molecular formula is C34H46FN8O5S-. The van der Waals surface area contributed by atoms with Gasteiger partial charge in [-0.1, -0.05) is 0 Å². The smallest absolute Gasteiger partial charge is 0.258 e. The molecule has 3 aliphatic heterocycles. The lowest BCUT2D eigenvalue weighted by atomic mass is 9.72. The van der Waals surface area contributed by atoms with Gasteiger partial charge in [-0.3, -0.25) is 18.0 Å². The van der Waals surface area contributed by atoms with Crippen molar-refractivity contribution in [1.29, 1.82) is 0 Å². The molecule has 1 unspecified atom stereocenters. The zero-order valence-corrected chi connectivity index (χ0v) is 29.6. The van der Waals surface area contributed by atoms with Gasteiger partial charge in [0, 0.05) is 67.7 Å². The molecule has 266 valence electrons. The van der Waals surface area contributed by atoms with E-state index in [2.05, 4.69) is 24.9 Å². The van der Waals surface area contributed by atoms with E-state index in [1.807, 2.05) is 27.7 Å². The second-order valence-corrected chi connectivity index (χ2v) is 14.9. The molecule has 1 amide bonds. The van der Waals surface area contributed by atoms with Crippen LogP contribution in [0.1, 0.15) is 63.7 Å². The Morgan fingerprint density at radius 1 is 1.14 bits per heavy atom. The second kappa shape index (κ2) is 14.7. The number of carbonyl (C=O) groups excluding carboxylic acids is 1. The van der Waals surface area contributed by atoms with Crippen LogP contribution in [0.5, 0.6) is 11.5 Å². The summed E-state index contributed by atoms with van der Waals surface area (Å²) in [4.78, 5) is 28.6. The van der Waals surface area contributed by atoms with Crippen LogP contribution in [0.15, 0.2) is 43.0 Å². The van der Waals surface area contributed by atoms with E-state index in [1.54, 1.807) is 35.1 Å². The number of benzene rings is 1. The van der Waals surface area contributed by atoms with Gasteiger partial charge < -0.3 is 28.7 Å². The van der Waals surface area contributed by atoms with Crippen molar-refractivity contribution in [1.82, 2.24) is 29.5 Å². The lowest BCUT2D eigenvalue weighted by Crippen LogP contribution is -2.61. The predicted octanol–water partition coefficient (Wildman–Crippen LogP) is 4.15. The van der Waals surface area contributed by atoms with E-state index in [4.69, 9.17) is 9.47 Å². The normalized spacial score (nSPS) is 21.5. The van der Waals surface area contributed by atoms with E-state index >= 15 is 0 Å². The maximum absolute atomic E-state index is 14.4. The molecule has 5 heterocycles. The van der Waals surface area contributed by atoms with Gasteiger partial charge in [0.1, 0.15) is 17.9 Å². The maximum Gasteiger partial charge on any atom is 0.258 e. The van der Waals surface area contributed by atoms with Crippen LogP contribution in [0, 0.1) is 11.2 Å². The minimum absolute atomic E-state index is 0.0611. The summed E-state index contributed by atoms with van der Waals surface area (Å²) >= 11 is -2.43. The number of aromatic nitrogens is 4. The number of nitrogens with zero attached hydrogens (tertiary/aromatic N) is 8. The molecule has 1 spiro atoms. The van der Waals surface area contributed by atoms with E-state index in [0.717, 1.165) is 52.0 Å². The van der Waals surface area contributed by atoms with E-state index in [9.17, 15) is 17.9 Å². The Labute approximate surface area is 289 Å². The van der Waals surface area contributed by atoms with Crippen LogP contribution in [-0.2, 0) is 23.1 Å². The Kier molecular flexibility index (Phi) is 10.5. The van der Waals surface area contributed by atoms with Crippen molar-refractivity contribution >= 4 is 28.8 Å². The molecular weight excluding hydrogens is 651 g/mol. The number of rotatable bonds is 11. The minimum Gasteiger partial charge on any atom is -0.755 e. The van der Waals surface area contributed by atoms with Gasteiger partial charge in [-0.25, -0.2) is 14.4 Å². The summed E-state index contributed by atoms with van der Waals surface area (Å²) in [6.45, 7) is 12.5. The molecule has 0 saturated carbocycles. The zero-order valence-electron chi connectivity index (χ0n) is 28.8. The predicted molar refractivity (Wildman–Crippen MR) is 183 cm³/mol. The first kappa shape index (κ1) is 35.2. The summed E-state index contributed by atoms with van der Waals surface area (Å²) < 4.78 is 53.7. The van der Waals surface area contributed by atoms with Crippen molar-refractivity contribution in [3.05, 3.63) is 54.4 Å². The molecule has 3 aromatic rings. The molecule has 0 bridgehead atoms. The highest BCUT2D eigenvalue weighted by atomic mass is 32.2. The molecule has 49 heavy (non-hydrogen) atoms. The summed E-state index contributed by atoms with van der Waals surface area (Å²) in [5.74, 6) is 0.947. The van der Waals surface area contributed by atoms with Gasteiger partial charge in [0.15, 0.2) is 17.4 Å². The van der Waals surface area contributed by atoms with Crippen LogP contribution in [-0.4, -0.2) is 108 Å². The number of hydrogen-bond donors (Lipinski definition) is 0. The van der Waals surface area contributed by atoms with Crippen molar-refractivity contribution in [2.75, 3.05) is 48.5 Å². The molecule has 6 rings (SSSR count). The van der Waals surface area contributed by atoms with E-state index < -0.39 is 17.1 Å². The molecule has 0 aliphatic carbocycles. The molecule has 13 nitrogen and oxygen atoms in total. The zero-order chi connectivity index (χ0) is 34.9. The molecule has 0 radical (unpaired) electrons. The molecule has 2 aromatic heterocycles. The first-order valence-electron chi connectivity index (χ1n) is 17.0. The highest BCUT2D eigenvalue weighted by Gasteiger charge is 2.46. The van der Waals surface area contributed by atoms with Gasteiger partial charge in [0.05, 0.1) is 30.5 Å². The number of aryl methyl sites for hydroxylation is 1. The first-order valence-corrected chi connectivity index (χ1v) is 18.0.